The number of phosphoric ester groups is 1. The molecule has 8 nitrogen and oxygen atoms in total. The Kier molecular flexibility index (Phi) is 6.44. The summed E-state index contributed by atoms with van der Waals surface area (Å²) in [5.41, 5.74) is 0. The van der Waals surface area contributed by atoms with Gasteiger partial charge in [-0.3, -0.25) is 13.6 Å². The molecule has 1 unspecified atom stereocenters. The molecule has 2 rings (SSSR count). The fourth-order valence-corrected chi connectivity index (χ4v) is 3.70. The fraction of sp³-hybridized carbons (Fsp3) is 1.00. The van der Waals surface area contributed by atoms with E-state index in [9.17, 15) is 14.8 Å². The van der Waals surface area contributed by atoms with E-state index in [0.29, 0.717) is 6.42 Å². The van der Waals surface area contributed by atoms with Crippen molar-refractivity contribution in [3.05, 3.63) is 0 Å². The summed E-state index contributed by atoms with van der Waals surface area (Å²) in [6.07, 6.45) is -1.99. The minimum absolute atomic E-state index is 0.0913. The largest absolute Gasteiger partial charge is 0.474 e. The molecule has 0 amide bonds. The van der Waals surface area contributed by atoms with Gasteiger partial charge in [0.15, 0.2) is 0 Å². The van der Waals surface area contributed by atoms with Gasteiger partial charge in [-0.05, 0) is 13.3 Å². The lowest BCUT2D eigenvalue weighted by atomic mass is 9.96. The van der Waals surface area contributed by atoms with Crippen LogP contribution in [-0.2, 0) is 27.6 Å². The Labute approximate surface area is 131 Å². The van der Waals surface area contributed by atoms with E-state index in [0.717, 1.165) is 0 Å². The first-order valence-electron chi connectivity index (χ1n) is 7.21. The zero-order valence-electron chi connectivity index (χ0n) is 12.7. The third-order valence-corrected chi connectivity index (χ3v) is 5.15. The lowest BCUT2D eigenvalue weighted by Crippen LogP contribution is -2.29. The number of hydrogen-bond donors (Lipinski definition) is 2. The topological polar surface area (TPSA) is 104 Å². The zero-order valence-corrected chi connectivity index (χ0v) is 13.6. The molecular weight excluding hydrogens is 314 g/mol. The van der Waals surface area contributed by atoms with Gasteiger partial charge in [-0.25, -0.2) is 4.57 Å². The van der Waals surface area contributed by atoms with Gasteiger partial charge < -0.3 is 19.7 Å². The highest BCUT2D eigenvalue weighted by Gasteiger charge is 2.41. The van der Waals surface area contributed by atoms with Gasteiger partial charge in [-0.15, -0.1) is 0 Å². The maximum atomic E-state index is 12.5. The van der Waals surface area contributed by atoms with Crippen LogP contribution in [0.25, 0.3) is 0 Å². The number of aliphatic hydroxyl groups is 2. The maximum absolute atomic E-state index is 12.5. The molecule has 22 heavy (non-hydrogen) atoms. The first-order chi connectivity index (χ1) is 10.4. The van der Waals surface area contributed by atoms with Crippen LogP contribution in [0, 0.1) is 0 Å². The number of rotatable bonds is 7. The van der Waals surface area contributed by atoms with Crippen molar-refractivity contribution in [1.29, 1.82) is 0 Å². The second kappa shape index (κ2) is 7.72. The molecule has 2 radical (unpaired) electrons. The quantitative estimate of drug-likeness (QED) is 0.493. The Balaban J connectivity index is 1.90. The molecule has 2 aliphatic rings. The van der Waals surface area contributed by atoms with E-state index in [4.69, 9.17) is 30.9 Å². The molecule has 2 N–H and O–H groups in total. The molecule has 7 atom stereocenters. The molecule has 0 spiro atoms. The summed E-state index contributed by atoms with van der Waals surface area (Å²) < 4.78 is 38.6. The molecule has 2 heterocycles. The molecule has 0 saturated carbocycles. The van der Waals surface area contributed by atoms with E-state index in [1.807, 2.05) is 6.92 Å². The van der Waals surface area contributed by atoms with Crippen LogP contribution in [0.3, 0.4) is 0 Å². The second-order valence-electron chi connectivity index (χ2n) is 5.49. The lowest BCUT2D eigenvalue weighted by Gasteiger charge is -2.24. The predicted molar refractivity (Wildman–Crippen MR) is 76.5 cm³/mol. The summed E-state index contributed by atoms with van der Waals surface area (Å²) in [5, 5.41) is 19.0. The van der Waals surface area contributed by atoms with E-state index < -0.39 is 38.2 Å². The first-order valence-corrected chi connectivity index (χ1v) is 8.67. The van der Waals surface area contributed by atoms with Crippen LogP contribution in [0.5, 0.6) is 0 Å². The van der Waals surface area contributed by atoms with Gasteiger partial charge in [0.05, 0.1) is 31.5 Å². The van der Waals surface area contributed by atoms with E-state index in [2.05, 4.69) is 0 Å². The van der Waals surface area contributed by atoms with Crippen LogP contribution in [0.2, 0.25) is 0 Å². The summed E-state index contributed by atoms with van der Waals surface area (Å²) >= 11 is 0. The molecule has 126 valence electrons. The molecule has 2 fully saturated rings. The molecule has 10 heteroatoms. The Morgan fingerprint density at radius 3 is 2.59 bits per heavy atom. The summed E-state index contributed by atoms with van der Waals surface area (Å²) in [6.45, 7) is 1.39. The third kappa shape index (κ3) is 4.52. The van der Waals surface area contributed by atoms with Gasteiger partial charge in [-0.2, -0.15) is 0 Å². The number of hydrogen-bond acceptors (Lipinski definition) is 8. The van der Waals surface area contributed by atoms with Crippen molar-refractivity contribution in [1.82, 2.24) is 0 Å². The summed E-state index contributed by atoms with van der Waals surface area (Å²) in [6, 6.07) is -0.603. The Morgan fingerprint density at radius 1 is 1.32 bits per heavy atom. The second-order valence-corrected chi connectivity index (χ2v) is 7.22. The van der Waals surface area contributed by atoms with E-state index in [1.165, 1.54) is 7.11 Å². The van der Waals surface area contributed by atoms with Crippen molar-refractivity contribution < 1.29 is 37.8 Å². The zero-order chi connectivity index (χ0) is 16.3. The fourth-order valence-electron chi connectivity index (χ4n) is 2.56. The highest BCUT2D eigenvalue weighted by molar-refractivity contribution is 7.48. The van der Waals surface area contributed by atoms with Crippen LogP contribution >= 0.6 is 7.82 Å². The first kappa shape index (κ1) is 18.4. The molecule has 2 saturated heterocycles. The minimum Gasteiger partial charge on any atom is -0.394 e. The molecular formula is C12H22BO8P. The van der Waals surface area contributed by atoms with Crippen molar-refractivity contribution >= 4 is 15.7 Å². The monoisotopic (exact) mass is 336 g/mol. The summed E-state index contributed by atoms with van der Waals surface area (Å²) in [7, 11) is 2.95. The van der Waals surface area contributed by atoms with Gasteiger partial charge in [0, 0.05) is 19.5 Å². The van der Waals surface area contributed by atoms with Gasteiger partial charge in [0.1, 0.15) is 20.1 Å². The Hall–Kier alpha value is 0.0149. The van der Waals surface area contributed by atoms with Gasteiger partial charge >= 0.3 is 7.82 Å². The summed E-state index contributed by atoms with van der Waals surface area (Å²) in [4.78, 5) is 0. The van der Waals surface area contributed by atoms with Crippen molar-refractivity contribution in [2.75, 3.05) is 20.3 Å². The minimum atomic E-state index is -3.86. The molecule has 0 aromatic rings. The maximum Gasteiger partial charge on any atom is 0.474 e. The normalized spacial score (nSPS) is 41.6. The van der Waals surface area contributed by atoms with E-state index >= 15 is 0 Å². The van der Waals surface area contributed by atoms with Crippen molar-refractivity contribution in [3.63, 3.8) is 0 Å². The van der Waals surface area contributed by atoms with Crippen molar-refractivity contribution in [2.45, 2.75) is 56.3 Å². The average molecular weight is 336 g/mol. The highest BCUT2D eigenvalue weighted by atomic mass is 31.2. The van der Waals surface area contributed by atoms with Crippen LogP contribution in [-0.4, -0.2) is 74.9 Å². The third-order valence-electron chi connectivity index (χ3n) is 3.70. The van der Waals surface area contributed by atoms with Crippen molar-refractivity contribution in [3.8, 4) is 0 Å². The van der Waals surface area contributed by atoms with Crippen molar-refractivity contribution in [2.24, 2.45) is 0 Å². The van der Waals surface area contributed by atoms with Crippen LogP contribution in [0.15, 0.2) is 0 Å². The number of aliphatic hydroxyl groups excluding tert-OH is 2. The Morgan fingerprint density at radius 2 is 2.05 bits per heavy atom. The molecule has 0 aromatic carbocycles. The number of ether oxygens (including phenoxy) is 2. The smallest absolute Gasteiger partial charge is 0.394 e. The molecule has 0 bridgehead atoms. The summed E-state index contributed by atoms with van der Waals surface area (Å²) in [5.74, 6) is 0. The van der Waals surface area contributed by atoms with E-state index in [1.54, 1.807) is 0 Å². The Bertz CT molecular complexity index is 411. The van der Waals surface area contributed by atoms with Gasteiger partial charge in [0.25, 0.3) is 0 Å². The van der Waals surface area contributed by atoms with Gasteiger partial charge in [0.2, 0.25) is 0 Å². The molecule has 2 aliphatic heterocycles. The predicted octanol–water partition coefficient (Wildman–Crippen LogP) is -0.0432. The SMILES string of the molecule is [B][C@H]1C[C@@H](OP(=O)(OC)OC[C@H]2O[C@@H](C)C[C@H]2O)[C@@H](CO)O1. The van der Waals surface area contributed by atoms with Crippen LogP contribution < -0.4 is 0 Å². The standard InChI is InChI=1S/C12H22BO8P/c1-7-3-8(15)11(19-7)6-18-22(16,17-2)21-9-4-12(13)20-10(9)5-14/h7-12,14-15H,3-6H2,1-2H3/t7-,8+,9+,10+,11+,12+,22?/m0/s1. The van der Waals surface area contributed by atoms with E-state index in [-0.39, 0.29) is 25.7 Å². The average Bonchev–Trinajstić information content (AvgIpc) is 2.98. The van der Waals surface area contributed by atoms with Crippen LogP contribution in [0.1, 0.15) is 19.8 Å². The van der Waals surface area contributed by atoms with Crippen LogP contribution in [0.4, 0.5) is 0 Å². The van der Waals surface area contributed by atoms with Gasteiger partial charge in [-0.1, -0.05) is 0 Å². The lowest BCUT2D eigenvalue weighted by molar-refractivity contribution is -0.0336. The molecule has 0 aliphatic carbocycles. The number of phosphoric acid groups is 1. The molecule has 0 aromatic heterocycles. The highest BCUT2D eigenvalue weighted by Crippen LogP contribution is 2.52.